The van der Waals surface area contributed by atoms with Gasteiger partial charge in [-0.05, 0) is 109 Å². The van der Waals surface area contributed by atoms with Crippen LogP contribution in [0.5, 0.6) is 5.75 Å². The van der Waals surface area contributed by atoms with Crippen LogP contribution in [0.15, 0.2) is 103 Å². The van der Waals surface area contributed by atoms with Crippen LogP contribution >= 0.6 is 0 Å². The summed E-state index contributed by atoms with van der Waals surface area (Å²) in [6.07, 6.45) is 1.92. The molecule has 4 nitrogen and oxygen atoms in total. The summed E-state index contributed by atoms with van der Waals surface area (Å²) in [5, 5.41) is 14.4. The first-order valence-corrected chi connectivity index (χ1v) is 20.9. The van der Waals surface area contributed by atoms with Crippen LogP contribution in [-0.2, 0) is 27.1 Å². The monoisotopic (exact) mass is 769 g/mol. The minimum atomic E-state index is -0.264. The number of fused-ring (bicyclic) bond motifs is 3. The summed E-state index contributed by atoms with van der Waals surface area (Å²) in [6, 6.07) is 35.6. The van der Waals surface area contributed by atoms with Gasteiger partial charge >= 0.3 is 0 Å². The van der Waals surface area contributed by atoms with Crippen molar-refractivity contribution in [3.63, 3.8) is 0 Å². The molecule has 0 aliphatic rings. The number of rotatable bonds is 4. The third-order valence-corrected chi connectivity index (χ3v) is 11.7. The van der Waals surface area contributed by atoms with Crippen molar-refractivity contribution in [2.75, 3.05) is 0 Å². The Kier molecular flexibility index (Phi) is 9.86. The van der Waals surface area contributed by atoms with Crippen molar-refractivity contribution < 1.29 is 5.11 Å². The Labute approximate surface area is 347 Å². The predicted octanol–water partition coefficient (Wildman–Crippen LogP) is 14.8. The molecule has 0 amide bonds. The summed E-state index contributed by atoms with van der Waals surface area (Å²) >= 11 is 0. The molecule has 0 saturated heterocycles. The molecule has 7 aromatic rings. The fourth-order valence-corrected chi connectivity index (χ4v) is 7.86. The van der Waals surface area contributed by atoms with E-state index in [1.54, 1.807) is 0 Å². The molecule has 1 N–H and O–H groups in total. The van der Waals surface area contributed by atoms with E-state index in [4.69, 9.17) is 9.97 Å². The second-order valence-electron chi connectivity index (χ2n) is 21.6. The highest BCUT2D eigenvalue weighted by molar-refractivity contribution is 6.10. The van der Waals surface area contributed by atoms with E-state index in [2.05, 4.69) is 205 Å². The van der Waals surface area contributed by atoms with Crippen LogP contribution in [0, 0.1) is 0 Å². The molecule has 0 aliphatic carbocycles. The van der Waals surface area contributed by atoms with Gasteiger partial charge in [0.15, 0.2) is 0 Å². The van der Waals surface area contributed by atoms with E-state index in [9.17, 15) is 5.11 Å². The van der Waals surface area contributed by atoms with Gasteiger partial charge in [-0.3, -0.25) is 9.55 Å². The Balaban J connectivity index is 1.50. The molecule has 0 radical (unpaired) electrons. The van der Waals surface area contributed by atoms with Crippen molar-refractivity contribution in [1.29, 1.82) is 0 Å². The average Bonchev–Trinajstić information content (AvgIpc) is 3.46. The lowest BCUT2D eigenvalue weighted by atomic mass is 9.78. The number of hydrogen-bond donors (Lipinski definition) is 1. The minimum absolute atomic E-state index is 0.0179. The van der Waals surface area contributed by atoms with Gasteiger partial charge in [0, 0.05) is 33.7 Å². The van der Waals surface area contributed by atoms with Crippen LogP contribution in [0.2, 0.25) is 0 Å². The molecule has 0 bridgehead atoms. The first-order valence-electron chi connectivity index (χ1n) is 20.9. The largest absolute Gasteiger partial charge is 0.507 e. The van der Waals surface area contributed by atoms with E-state index in [0.717, 1.165) is 61.4 Å². The Morgan fingerprint density at radius 1 is 0.431 bits per heavy atom. The van der Waals surface area contributed by atoms with Crippen LogP contribution in [0.4, 0.5) is 0 Å². The lowest BCUT2D eigenvalue weighted by molar-refractivity contribution is 0.446. The number of nitrogens with zero attached hydrogens (tertiary/aromatic N) is 3. The molecule has 58 heavy (non-hydrogen) atoms. The van der Waals surface area contributed by atoms with E-state index in [1.165, 1.54) is 27.6 Å². The van der Waals surface area contributed by atoms with Crippen LogP contribution in [0.1, 0.15) is 132 Å². The van der Waals surface area contributed by atoms with E-state index in [-0.39, 0.29) is 27.1 Å². The molecule has 0 unspecified atom stereocenters. The highest BCUT2D eigenvalue weighted by atomic mass is 16.3. The predicted molar refractivity (Wildman–Crippen MR) is 248 cm³/mol. The molecule has 4 heteroatoms. The number of aromatic nitrogens is 3. The first-order chi connectivity index (χ1) is 26.8. The standard InChI is InChI=1S/C54H63N3O/c1-50(2,3)36-19-16-33(17-20-36)34-24-25-55-44(26-34)35-18-22-40-41-28-37(51(4,5)6)21-23-46(41)57(47(40)27-35)48-32-39(53(10,11)12)31-45(56-48)42-29-38(52(7,8)9)30-43(49(42)58)54(13,14)15/h16-32,58H,1-15H3. The molecule has 0 aliphatic heterocycles. The highest BCUT2D eigenvalue weighted by Gasteiger charge is 2.28. The summed E-state index contributed by atoms with van der Waals surface area (Å²) in [7, 11) is 0. The van der Waals surface area contributed by atoms with Gasteiger partial charge in [0.05, 0.1) is 22.4 Å². The van der Waals surface area contributed by atoms with Crippen molar-refractivity contribution in [2.45, 2.75) is 131 Å². The van der Waals surface area contributed by atoms with Gasteiger partial charge in [0.25, 0.3) is 0 Å². The van der Waals surface area contributed by atoms with Crippen molar-refractivity contribution in [2.24, 2.45) is 0 Å². The Morgan fingerprint density at radius 3 is 1.62 bits per heavy atom. The molecule has 4 aromatic carbocycles. The zero-order valence-corrected chi connectivity index (χ0v) is 37.6. The first kappa shape index (κ1) is 41.0. The number of aromatic hydroxyl groups is 1. The quantitative estimate of drug-likeness (QED) is 0.194. The Morgan fingerprint density at radius 2 is 1.02 bits per heavy atom. The molecule has 3 aromatic heterocycles. The third kappa shape index (κ3) is 7.83. The van der Waals surface area contributed by atoms with E-state index < -0.39 is 0 Å². The van der Waals surface area contributed by atoms with Gasteiger partial charge in [-0.1, -0.05) is 152 Å². The SMILES string of the molecule is CC(C)(C)c1ccc(-c2ccnc(-c3ccc4c5cc(C(C)(C)C)ccc5n(-c5cc(C(C)(C)C)cc(-c6cc(C(C)(C)C)cc(C(C)(C)C)c6O)n5)c4c3)c2)cc1. The summed E-state index contributed by atoms with van der Waals surface area (Å²) in [5.74, 6) is 1.12. The topological polar surface area (TPSA) is 50.9 Å². The normalized spacial score (nSPS) is 13.2. The van der Waals surface area contributed by atoms with E-state index in [0.29, 0.717) is 5.75 Å². The lowest BCUT2D eigenvalue weighted by Gasteiger charge is -2.28. The summed E-state index contributed by atoms with van der Waals surface area (Å²) in [6.45, 7) is 33.5. The van der Waals surface area contributed by atoms with Gasteiger partial charge in [0.1, 0.15) is 11.6 Å². The number of benzene rings is 4. The molecule has 0 saturated carbocycles. The van der Waals surface area contributed by atoms with Crippen molar-refractivity contribution >= 4 is 21.8 Å². The fourth-order valence-electron chi connectivity index (χ4n) is 7.86. The molecule has 3 heterocycles. The Hall–Kier alpha value is -5.22. The third-order valence-electron chi connectivity index (χ3n) is 11.7. The fraction of sp³-hybridized carbons (Fsp3) is 0.370. The second-order valence-corrected chi connectivity index (χ2v) is 21.6. The van der Waals surface area contributed by atoms with Crippen LogP contribution < -0.4 is 0 Å². The summed E-state index contributed by atoms with van der Waals surface area (Å²) < 4.78 is 2.32. The van der Waals surface area contributed by atoms with E-state index in [1.807, 2.05) is 6.20 Å². The Bertz CT molecular complexity index is 2680. The maximum atomic E-state index is 12.1. The molecular formula is C54H63N3O. The van der Waals surface area contributed by atoms with Crippen LogP contribution in [-0.4, -0.2) is 19.6 Å². The maximum absolute atomic E-state index is 12.1. The smallest absolute Gasteiger partial charge is 0.138 e. The number of phenolic OH excluding ortho intramolecular Hbond substituents is 1. The molecule has 0 spiro atoms. The highest BCUT2D eigenvalue weighted by Crippen LogP contribution is 2.44. The second kappa shape index (κ2) is 14.0. The zero-order chi connectivity index (χ0) is 42.3. The van der Waals surface area contributed by atoms with Crippen LogP contribution in [0.3, 0.4) is 0 Å². The van der Waals surface area contributed by atoms with Gasteiger partial charge in [-0.25, -0.2) is 4.98 Å². The number of phenols is 1. The summed E-state index contributed by atoms with van der Waals surface area (Å²) in [4.78, 5) is 10.4. The number of hydrogen-bond acceptors (Lipinski definition) is 3. The maximum Gasteiger partial charge on any atom is 0.138 e. The van der Waals surface area contributed by atoms with Crippen molar-refractivity contribution in [3.05, 3.63) is 131 Å². The molecule has 300 valence electrons. The lowest BCUT2D eigenvalue weighted by Crippen LogP contribution is -2.17. The van der Waals surface area contributed by atoms with Gasteiger partial charge < -0.3 is 5.11 Å². The van der Waals surface area contributed by atoms with Crippen molar-refractivity contribution in [1.82, 2.24) is 14.5 Å². The van der Waals surface area contributed by atoms with Gasteiger partial charge in [-0.15, -0.1) is 0 Å². The number of pyridine rings is 2. The van der Waals surface area contributed by atoms with E-state index >= 15 is 0 Å². The van der Waals surface area contributed by atoms with Gasteiger partial charge in [-0.2, -0.15) is 0 Å². The van der Waals surface area contributed by atoms with Crippen molar-refractivity contribution in [3.8, 4) is 45.2 Å². The van der Waals surface area contributed by atoms with Crippen LogP contribution in [0.25, 0.3) is 61.3 Å². The molecule has 7 rings (SSSR count). The zero-order valence-electron chi connectivity index (χ0n) is 37.6. The summed E-state index contributed by atoms with van der Waals surface area (Å²) in [5.41, 5.74) is 13.3. The minimum Gasteiger partial charge on any atom is -0.507 e. The molecule has 0 atom stereocenters. The average molecular weight is 770 g/mol. The van der Waals surface area contributed by atoms with Gasteiger partial charge in [0.2, 0.25) is 0 Å². The molecular weight excluding hydrogens is 707 g/mol. The molecule has 0 fully saturated rings.